The SMILES string of the molecule is Brc1ccc(-c2ccccc2)cc1.c1cc(-c2ccc(Nc3ccc(-c4cccc(-n5c6ccccc6c6ccccc65)c4)cc3)cc2)cc(-c2cccc3ccccc23)c1.c1ccc(-c2ccc(N(c3ccc(-c4cccc(-c5cccc6ccccc56)c4)cc3)c3ccc(-c4cccc(-n5c6ccccc6c6ccccc65)c4)cc3)cc2)cc1. The summed E-state index contributed by atoms with van der Waals surface area (Å²) in [4.78, 5) is 2.35. The Labute approximate surface area is 713 Å². The molecule has 0 spiro atoms. The first-order valence-corrected chi connectivity index (χ1v) is 42.0. The third-order valence-electron chi connectivity index (χ3n) is 23.1. The second-order valence-corrected chi connectivity index (χ2v) is 31.5. The number of nitrogens with one attached hydrogen (secondary N) is 1. The summed E-state index contributed by atoms with van der Waals surface area (Å²) >= 11 is 3.42. The van der Waals surface area contributed by atoms with Crippen molar-refractivity contribution in [2.75, 3.05) is 10.2 Å². The van der Waals surface area contributed by atoms with Crippen molar-refractivity contribution in [1.82, 2.24) is 9.13 Å². The Balaban J connectivity index is 0.000000136. The van der Waals surface area contributed by atoms with Crippen LogP contribution in [0.5, 0.6) is 0 Å². The first-order valence-electron chi connectivity index (χ1n) is 41.2. The first-order chi connectivity index (χ1) is 59.9. The summed E-state index contributed by atoms with van der Waals surface area (Å²) in [7, 11) is 0. The molecule has 2 aromatic heterocycles. The molecule has 0 aliphatic carbocycles. The van der Waals surface area contributed by atoms with Gasteiger partial charge >= 0.3 is 0 Å². The highest BCUT2D eigenvalue weighted by molar-refractivity contribution is 9.10. The number of hydrogen-bond donors (Lipinski definition) is 1. The first kappa shape index (κ1) is 74.4. The fraction of sp³-hybridized carbons (Fsp3) is 0. The van der Waals surface area contributed by atoms with Gasteiger partial charge in [-0.15, -0.1) is 0 Å². The molecule has 0 fully saturated rings. The quantitative estimate of drug-likeness (QED) is 0.111. The summed E-state index contributed by atoms with van der Waals surface area (Å²) in [6.07, 6.45) is 0. The van der Waals surface area contributed by atoms with Crippen molar-refractivity contribution in [2.24, 2.45) is 0 Å². The zero-order chi connectivity index (χ0) is 80.8. The van der Waals surface area contributed by atoms with Gasteiger partial charge in [0.25, 0.3) is 0 Å². The minimum atomic E-state index is 1.06. The lowest BCUT2D eigenvalue weighted by Gasteiger charge is -2.26. The van der Waals surface area contributed by atoms with Gasteiger partial charge < -0.3 is 19.4 Å². The third-order valence-corrected chi connectivity index (χ3v) is 23.7. The zero-order valence-corrected chi connectivity index (χ0v) is 68.0. The Hall–Kier alpha value is -15.4. The van der Waals surface area contributed by atoms with Crippen molar-refractivity contribution < 1.29 is 0 Å². The highest BCUT2D eigenvalue weighted by Gasteiger charge is 2.19. The lowest BCUT2D eigenvalue weighted by molar-refractivity contribution is 1.18. The predicted molar refractivity (Wildman–Crippen MR) is 519 cm³/mol. The molecule has 2 heterocycles. The number of para-hydroxylation sites is 4. The second kappa shape index (κ2) is 33.7. The van der Waals surface area contributed by atoms with Crippen molar-refractivity contribution in [3.63, 3.8) is 0 Å². The molecule has 0 aliphatic heterocycles. The molecule has 0 saturated carbocycles. The van der Waals surface area contributed by atoms with Crippen LogP contribution < -0.4 is 10.2 Å². The smallest absolute Gasteiger partial charge is 0.0541 e. The van der Waals surface area contributed by atoms with E-state index in [1.54, 1.807) is 0 Å². The maximum atomic E-state index is 3.59. The molecule has 20 aromatic carbocycles. The van der Waals surface area contributed by atoms with Crippen LogP contribution in [0.15, 0.2) is 490 Å². The molecule has 4 nitrogen and oxygen atoms in total. The molecular weight excluding hydrogens is 1530 g/mol. The minimum Gasteiger partial charge on any atom is -0.356 e. The van der Waals surface area contributed by atoms with Crippen molar-refractivity contribution in [3.05, 3.63) is 490 Å². The number of benzene rings is 20. The number of halogens is 1. The van der Waals surface area contributed by atoms with E-state index in [-0.39, 0.29) is 0 Å². The standard InChI is InChI=1S/C58H40N2.C46H32N2.C12H9Br/c1-2-13-41(14-3-1)42-27-33-49(34-28-42)59(50-35-29-43(30-36-50)46-17-10-19-48(39-46)54-24-12-16-45-15-4-5-21-53(45)54)51-37-31-44(32-38-51)47-18-11-20-52(40-47)60-57-25-8-6-22-55(57)56-23-7-9-26-58(56)60;1-2-16-41-34(10-1)11-9-19-42(41)37-14-7-12-35(30-37)32-22-26-38(27-23-32)47-39-28-24-33(25-29-39)36-13-8-15-40(31-36)48-45-20-5-3-17-43(45)44-18-4-6-21-46(44)48;13-12-8-6-11(7-9-12)10-4-2-1-3-5-10/h1-40H;1-31,47H;1-9H. The topological polar surface area (TPSA) is 25.1 Å². The van der Waals surface area contributed by atoms with Crippen molar-refractivity contribution >= 4 is 110 Å². The van der Waals surface area contributed by atoms with Gasteiger partial charge in [-0.05, 0) is 244 Å². The number of anilines is 5. The van der Waals surface area contributed by atoms with E-state index >= 15 is 0 Å². The Morgan fingerprint density at radius 1 is 0.182 bits per heavy atom. The number of nitrogens with zero attached hydrogens (tertiary/aromatic N) is 3. The van der Waals surface area contributed by atoms with Gasteiger partial charge in [0, 0.05) is 65.8 Å². The van der Waals surface area contributed by atoms with E-state index in [0.29, 0.717) is 0 Å². The summed E-state index contributed by atoms with van der Waals surface area (Å²) in [5.74, 6) is 0. The van der Waals surface area contributed by atoms with Gasteiger partial charge in [0.05, 0.1) is 22.1 Å². The van der Waals surface area contributed by atoms with E-state index < -0.39 is 0 Å². The van der Waals surface area contributed by atoms with Gasteiger partial charge in [0.2, 0.25) is 0 Å². The molecule has 5 heteroatoms. The van der Waals surface area contributed by atoms with Gasteiger partial charge in [0.1, 0.15) is 0 Å². The monoisotopic (exact) mass is 1610 g/mol. The van der Waals surface area contributed by atoms with Crippen LogP contribution in [0.4, 0.5) is 28.4 Å². The number of rotatable bonds is 15. The van der Waals surface area contributed by atoms with E-state index in [4.69, 9.17) is 0 Å². The number of aromatic nitrogens is 2. The van der Waals surface area contributed by atoms with Gasteiger partial charge in [-0.25, -0.2) is 0 Å². The second-order valence-electron chi connectivity index (χ2n) is 30.5. The highest BCUT2D eigenvalue weighted by atomic mass is 79.9. The molecule has 121 heavy (non-hydrogen) atoms. The lowest BCUT2D eigenvalue weighted by Crippen LogP contribution is -2.09. The molecule has 1 N–H and O–H groups in total. The van der Waals surface area contributed by atoms with E-state index in [2.05, 4.69) is 515 Å². The summed E-state index contributed by atoms with van der Waals surface area (Å²) in [6, 6.07) is 174. The van der Waals surface area contributed by atoms with Crippen LogP contribution in [-0.4, -0.2) is 9.13 Å². The Morgan fingerprint density at radius 3 is 0.793 bits per heavy atom. The molecule has 0 amide bonds. The summed E-state index contributed by atoms with van der Waals surface area (Å²) < 4.78 is 5.87. The molecule has 0 aliphatic rings. The largest absolute Gasteiger partial charge is 0.356 e. The van der Waals surface area contributed by atoms with E-state index in [1.165, 1.54) is 154 Å². The van der Waals surface area contributed by atoms with Crippen molar-refractivity contribution in [3.8, 4) is 100 Å². The third kappa shape index (κ3) is 15.5. The van der Waals surface area contributed by atoms with Gasteiger partial charge in [-0.3, -0.25) is 0 Å². The number of hydrogen-bond acceptors (Lipinski definition) is 2. The van der Waals surface area contributed by atoms with E-state index in [1.807, 2.05) is 6.07 Å². The van der Waals surface area contributed by atoms with Crippen LogP contribution in [0.1, 0.15) is 0 Å². The maximum absolute atomic E-state index is 3.59. The summed E-state index contributed by atoms with van der Waals surface area (Å²) in [5.41, 5.74) is 31.9. The maximum Gasteiger partial charge on any atom is 0.0541 e. The van der Waals surface area contributed by atoms with Crippen LogP contribution >= 0.6 is 15.9 Å². The van der Waals surface area contributed by atoms with Crippen molar-refractivity contribution in [1.29, 1.82) is 0 Å². The lowest BCUT2D eigenvalue weighted by atomic mass is 9.95. The van der Waals surface area contributed by atoms with Crippen LogP contribution in [0, 0.1) is 0 Å². The van der Waals surface area contributed by atoms with Gasteiger partial charge in [-0.2, -0.15) is 0 Å². The van der Waals surface area contributed by atoms with Gasteiger partial charge in [-0.1, -0.05) is 368 Å². The average Bonchev–Trinajstić information content (AvgIpc) is 1.60. The average molecular weight is 1610 g/mol. The molecule has 0 bridgehead atoms. The molecule has 22 aromatic rings. The number of fused-ring (bicyclic) bond motifs is 8. The molecule has 0 radical (unpaired) electrons. The van der Waals surface area contributed by atoms with Crippen LogP contribution in [0.2, 0.25) is 0 Å². The van der Waals surface area contributed by atoms with E-state index in [0.717, 1.165) is 44.3 Å². The molecule has 0 saturated heterocycles. The molecule has 0 unspecified atom stereocenters. The predicted octanol–water partition coefficient (Wildman–Crippen LogP) is 32.9. The fourth-order valence-corrected chi connectivity index (χ4v) is 17.4. The Bertz CT molecular complexity index is 7320. The summed E-state index contributed by atoms with van der Waals surface area (Å²) in [6.45, 7) is 0. The fourth-order valence-electron chi connectivity index (χ4n) is 17.2. The molecule has 0 atom stereocenters. The van der Waals surface area contributed by atoms with E-state index in [9.17, 15) is 0 Å². The highest BCUT2D eigenvalue weighted by Crippen LogP contribution is 2.42. The van der Waals surface area contributed by atoms with Crippen LogP contribution in [0.3, 0.4) is 0 Å². The molecule has 572 valence electrons. The zero-order valence-electron chi connectivity index (χ0n) is 66.4. The van der Waals surface area contributed by atoms with Crippen LogP contribution in [0.25, 0.3) is 166 Å². The van der Waals surface area contributed by atoms with Crippen LogP contribution in [-0.2, 0) is 0 Å². The Morgan fingerprint density at radius 2 is 0.430 bits per heavy atom. The molecular formula is C116H81BrN4. The van der Waals surface area contributed by atoms with Gasteiger partial charge in [0.15, 0.2) is 0 Å². The minimum absolute atomic E-state index is 1.06. The summed E-state index contributed by atoms with van der Waals surface area (Å²) in [5, 5.41) is 13.7. The molecule has 22 rings (SSSR count). The van der Waals surface area contributed by atoms with Crippen molar-refractivity contribution in [2.45, 2.75) is 0 Å². The Kier molecular flexibility index (Phi) is 20.7. The normalized spacial score (nSPS) is 11.2.